The minimum Gasteiger partial charge on any atom is -0.493 e. The quantitative estimate of drug-likeness (QED) is 0.862. The number of methoxy groups -OCH3 is 2. The molecule has 1 aliphatic heterocycles. The van der Waals surface area contributed by atoms with Crippen LogP contribution in [0.15, 0.2) is 36.5 Å². The highest BCUT2D eigenvalue weighted by atomic mass is 16.5. The van der Waals surface area contributed by atoms with Crippen molar-refractivity contribution in [2.75, 3.05) is 32.2 Å². The molecule has 0 atom stereocenters. The molecule has 0 aliphatic carbocycles. The number of hydrogen-bond acceptors (Lipinski definition) is 6. The minimum atomic E-state index is 0.484. The normalized spacial score (nSPS) is 14.7. The Hall–Kier alpha value is -2.78. The third-order valence-corrected chi connectivity index (χ3v) is 4.74. The molecule has 1 aliphatic rings. The fraction of sp³-hybridized carbons (Fsp3) is 0.400. The number of nitrogens with one attached hydrogen (secondary N) is 1. The summed E-state index contributed by atoms with van der Waals surface area (Å²) in [6, 6.07) is 12.4. The Balaban J connectivity index is 1.50. The molecule has 0 radical (unpaired) electrons. The smallest absolute Gasteiger partial charge is 0.161 e. The largest absolute Gasteiger partial charge is 0.493 e. The van der Waals surface area contributed by atoms with E-state index in [0.29, 0.717) is 11.6 Å². The zero-order valence-electron chi connectivity index (χ0n) is 15.2. The predicted octanol–water partition coefficient (Wildman–Crippen LogP) is 2.73. The van der Waals surface area contributed by atoms with Gasteiger partial charge < -0.3 is 19.7 Å². The van der Waals surface area contributed by atoms with Crippen molar-refractivity contribution in [3.63, 3.8) is 0 Å². The summed E-state index contributed by atoms with van der Waals surface area (Å²) in [6.07, 6.45) is 3.76. The number of hydrogen-bond donors (Lipinski definition) is 1. The topological polar surface area (TPSA) is 70.4 Å². The van der Waals surface area contributed by atoms with Gasteiger partial charge in [-0.15, -0.1) is 0 Å². The summed E-state index contributed by atoms with van der Waals surface area (Å²) < 4.78 is 10.6. The van der Waals surface area contributed by atoms with Crippen LogP contribution in [0.4, 0.5) is 5.82 Å². The van der Waals surface area contributed by atoms with Gasteiger partial charge in [-0.3, -0.25) is 0 Å². The lowest BCUT2D eigenvalue weighted by atomic mass is 10.0. The molecular weight excluding hydrogens is 328 g/mol. The first kappa shape index (κ1) is 18.0. The monoisotopic (exact) mass is 352 g/mol. The van der Waals surface area contributed by atoms with Crippen LogP contribution in [0.1, 0.15) is 24.0 Å². The zero-order chi connectivity index (χ0) is 18.4. The van der Waals surface area contributed by atoms with Crippen molar-refractivity contribution in [3.05, 3.63) is 47.7 Å². The Kier molecular flexibility index (Phi) is 5.92. The summed E-state index contributed by atoms with van der Waals surface area (Å²) in [7, 11) is 3.30. The number of aromatic nitrogens is 1. The summed E-state index contributed by atoms with van der Waals surface area (Å²) in [6.45, 7) is 2.73. The van der Waals surface area contributed by atoms with Gasteiger partial charge in [0, 0.05) is 31.9 Å². The van der Waals surface area contributed by atoms with Crippen LogP contribution in [-0.2, 0) is 6.54 Å². The number of nitrogens with zero attached hydrogens (tertiary/aromatic N) is 3. The first-order valence-electron chi connectivity index (χ1n) is 8.79. The molecule has 1 saturated heterocycles. The Morgan fingerprint density at radius 1 is 1.15 bits per heavy atom. The lowest BCUT2D eigenvalue weighted by Gasteiger charge is -2.33. The van der Waals surface area contributed by atoms with Gasteiger partial charge in [0.05, 0.1) is 19.8 Å². The van der Waals surface area contributed by atoms with Crippen LogP contribution in [0, 0.1) is 11.3 Å². The van der Waals surface area contributed by atoms with Crippen LogP contribution in [-0.4, -0.2) is 38.3 Å². The van der Waals surface area contributed by atoms with Gasteiger partial charge in [-0.05, 0) is 42.7 Å². The van der Waals surface area contributed by atoms with Crippen molar-refractivity contribution in [1.82, 2.24) is 10.3 Å². The summed E-state index contributed by atoms with van der Waals surface area (Å²) in [4.78, 5) is 6.66. The number of nitriles is 1. The van der Waals surface area contributed by atoms with Crippen molar-refractivity contribution in [2.24, 2.45) is 0 Å². The number of ether oxygens (including phenoxy) is 2. The molecule has 1 N–H and O–H groups in total. The second-order valence-corrected chi connectivity index (χ2v) is 6.35. The van der Waals surface area contributed by atoms with Crippen molar-refractivity contribution in [1.29, 1.82) is 5.26 Å². The molecule has 1 aromatic heterocycles. The second-order valence-electron chi connectivity index (χ2n) is 6.35. The molecule has 2 aromatic rings. The average molecular weight is 352 g/mol. The molecule has 6 heteroatoms. The minimum absolute atomic E-state index is 0.484. The highest BCUT2D eigenvalue weighted by Gasteiger charge is 2.19. The summed E-state index contributed by atoms with van der Waals surface area (Å²) in [5.41, 5.74) is 1.78. The molecule has 1 fully saturated rings. The highest BCUT2D eigenvalue weighted by molar-refractivity contribution is 5.43. The molecule has 0 bridgehead atoms. The molecule has 1 aromatic carbocycles. The molecular formula is C20H24N4O2. The number of rotatable bonds is 6. The van der Waals surface area contributed by atoms with E-state index in [1.165, 1.54) is 5.56 Å². The van der Waals surface area contributed by atoms with Gasteiger partial charge in [0.25, 0.3) is 0 Å². The fourth-order valence-electron chi connectivity index (χ4n) is 3.20. The zero-order valence-corrected chi connectivity index (χ0v) is 15.2. The van der Waals surface area contributed by atoms with Gasteiger partial charge in [-0.25, -0.2) is 4.98 Å². The number of anilines is 1. The van der Waals surface area contributed by atoms with Crippen LogP contribution < -0.4 is 19.7 Å². The lowest BCUT2D eigenvalue weighted by Crippen LogP contribution is -2.42. The van der Waals surface area contributed by atoms with Crippen LogP contribution in [0.2, 0.25) is 0 Å². The van der Waals surface area contributed by atoms with Crippen LogP contribution in [0.3, 0.4) is 0 Å². The maximum absolute atomic E-state index is 8.86. The maximum Gasteiger partial charge on any atom is 0.161 e. The molecule has 2 heterocycles. The number of benzene rings is 1. The van der Waals surface area contributed by atoms with Crippen LogP contribution in [0.5, 0.6) is 11.5 Å². The predicted molar refractivity (Wildman–Crippen MR) is 101 cm³/mol. The molecule has 0 spiro atoms. The number of piperidine rings is 1. The summed E-state index contributed by atoms with van der Waals surface area (Å²) in [5.74, 6) is 2.45. The van der Waals surface area contributed by atoms with E-state index >= 15 is 0 Å². The van der Waals surface area contributed by atoms with Crippen molar-refractivity contribution >= 4 is 5.82 Å². The molecule has 26 heavy (non-hydrogen) atoms. The number of pyridine rings is 1. The van der Waals surface area contributed by atoms with Gasteiger partial charge in [0.1, 0.15) is 11.9 Å². The van der Waals surface area contributed by atoms with Gasteiger partial charge in [-0.2, -0.15) is 5.26 Å². The van der Waals surface area contributed by atoms with E-state index in [9.17, 15) is 0 Å². The van der Waals surface area contributed by atoms with E-state index in [4.69, 9.17) is 14.7 Å². The van der Waals surface area contributed by atoms with Gasteiger partial charge in [-0.1, -0.05) is 6.07 Å². The van der Waals surface area contributed by atoms with Gasteiger partial charge >= 0.3 is 0 Å². The Morgan fingerprint density at radius 3 is 2.54 bits per heavy atom. The average Bonchev–Trinajstić information content (AvgIpc) is 2.72. The first-order chi connectivity index (χ1) is 12.7. The van der Waals surface area contributed by atoms with E-state index in [0.717, 1.165) is 49.8 Å². The third-order valence-electron chi connectivity index (χ3n) is 4.74. The van der Waals surface area contributed by atoms with Gasteiger partial charge in [0.2, 0.25) is 0 Å². The molecule has 136 valence electrons. The standard InChI is InChI=1S/C20H24N4O2/c1-25-18-5-3-15(11-19(18)26-2)13-22-17-7-9-24(10-8-17)20-6-4-16(12-21)14-23-20/h3-6,11,14,17,22H,7-10,13H2,1-2H3. The molecule has 0 unspecified atom stereocenters. The van der Waals surface area contributed by atoms with E-state index in [-0.39, 0.29) is 0 Å². The fourth-order valence-corrected chi connectivity index (χ4v) is 3.20. The van der Waals surface area contributed by atoms with Crippen LogP contribution >= 0.6 is 0 Å². The van der Waals surface area contributed by atoms with Crippen molar-refractivity contribution in [3.8, 4) is 17.6 Å². The summed E-state index contributed by atoms with van der Waals surface area (Å²) in [5, 5.41) is 12.5. The Bertz CT molecular complexity index is 762. The van der Waals surface area contributed by atoms with E-state index in [1.807, 2.05) is 24.3 Å². The molecule has 3 rings (SSSR count). The van der Waals surface area contributed by atoms with Crippen LogP contribution in [0.25, 0.3) is 0 Å². The van der Waals surface area contributed by atoms with Crippen molar-refractivity contribution in [2.45, 2.75) is 25.4 Å². The lowest BCUT2D eigenvalue weighted by molar-refractivity contribution is 0.354. The third kappa shape index (κ3) is 4.24. The van der Waals surface area contributed by atoms with Gasteiger partial charge in [0.15, 0.2) is 11.5 Å². The first-order valence-corrected chi connectivity index (χ1v) is 8.79. The SMILES string of the molecule is COc1ccc(CNC2CCN(c3ccc(C#N)cn3)CC2)cc1OC. The Labute approximate surface area is 154 Å². The Morgan fingerprint density at radius 2 is 1.92 bits per heavy atom. The molecule has 0 saturated carbocycles. The highest BCUT2D eigenvalue weighted by Crippen LogP contribution is 2.27. The maximum atomic E-state index is 8.86. The van der Waals surface area contributed by atoms with E-state index in [1.54, 1.807) is 20.4 Å². The molecule has 0 amide bonds. The second kappa shape index (κ2) is 8.54. The summed E-state index contributed by atoms with van der Waals surface area (Å²) >= 11 is 0. The van der Waals surface area contributed by atoms with E-state index in [2.05, 4.69) is 27.3 Å². The van der Waals surface area contributed by atoms with E-state index < -0.39 is 0 Å². The van der Waals surface area contributed by atoms with Crippen molar-refractivity contribution < 1.29 is 9.47 Å². The molecule has 6 nitrogen and oxygen atoms in total.